The number of halogens is 2. The summed E-state index contributed by atoms with van der Waals surface area (Å²) < 4.78 is 9.49. The Hall–Kier alpha value is -10.8. The fraction of sp³-hybridized carbons (Fsp3) is 0.207. The van der Waals surface area contributed by atoms with Crippen LogP contribution < -0.4 is 71.7 Å². The summed E-state index contributed by atoms with van der Waals surface area (Å²) in [6.45, 7) is 11.6. The molecule has 11 rings (SSSR count). The van der Waals surface area contributed by atoms with Crippen LogP contribution in [0, 0.1) is 27.7 Å². The summed E-state index contributed by atoms with van der Waals surface area (Å²) in [4.78, 5) is 41.8. The molecule has 460 valence electrons. The normalized spacial score (nSPS) is 11.4. The Kier molecular flexibility index (Phi) is 25.9. The molecule has 0 aliphatic carbocycles. The van der Waals surface area contributed by atoms with Gasteiger partial charge in [0.15, 0.2) is 0 Å². The molecule has 1 aliphatic heterocycles. The largest absolute Gasteiger partial charge is 0.481 e. The smallest absolute Gasteiger partial charge is 0.321 e. The van der Waals surface area contributed by atoms with E-state index in [0.29, 0.717) is 17.5 Å². The minimum atomic E-state index is -0.581. The Bertz CT molecular complexity index is 3380. The molecule has 0 amide bonds. The van der Waals surface area contributed by atoms with Gasteiger partial charge in [0, 0.05) is 66.4 Å². The summed E-state index contributed by atoms with van der Waals surface area (Å²) in [5, 5.41) is 14.6. The molecule has 5 aromatic carbocycles. The van der Waals surface area contributed by atoms with Crippen molar-refractivity contribution in [2.45, 2.75) is 33.1 Å². The zero-order chi connectivity index (χ0) is 64.3. The van der Waals surface area contributed by atoms with Crippen molar-refractivity contribution < 1.29 is 9.47 Å². The number of aromatic nitrogens is 14. The molecular weight excluding hydrogens is 1160 g/mol. The quantitative estimate of drug-likeness (QED) is 0.0508. The number of hydrogen-bond donors (Lipinski definition) is 10. The number of benzene rings is 5. The lowest BCUT2D eigenvalue weighted by Gasteiger charge is -2.37. The summed E-state index contributed by atoms with van der Waals surface area (Å²) in [6, 6.07) is 41.8. The van der Waals surface area contributed by atoms with Crippen molar-refractivity contribution in [2.24, 2.45) is 0 Å². The van der Waals surface area contributed by atoms with Gasteiger partial charge in [0.1, 0.15) is 16.8 Å². The topological polar surface area (TPSA) is 466 Å². The Morgan fingerprint density at radius 3 is 1.22 bits per heavy atom. The fourth-order valence-electron chi connectivity index (χ4n) is 7.97. The van der Waals surface area contributed by atoms with Gasteiger partial charge >= 0.3 is 6.01 Å². The minimum Gasteiger partial charge on any atom is -0.481 e. The van der Waals surface area contributed by atoms with Crippen LogP contribution in [-0.4, -0.2) is 123 Å². The van der Waals surface area contributed by atoms with Gasteiger partial charge in [-0.25, -0.2) is 19.9 Å². The molecule has 5 aromatic heterocycles. The number of anilines is 11. The van der Waals surface area contributed by atoms with Crippen LogP contribution in [0.3, 0.4) is 0 Å². The molecule has 0 unspecified atom stereocenters. The van der Waals surface area contributed by atoms with Crippen molar-refractivity contribution in [3.63, 3.8) is 0 Å². The first-order chi connectivity index (χ1) is 42.0. The van der Waals surface area contributed by atoms with Gasteiger partial charge in [-0.3, -0.25) is 0 Å². The molecule has 6 heterocycles. The van der Waals surface area contributed by atoms with Crippen LogP contribution in [0.4, 0.5) is 63.9 Å². The molecule has 0 saturated carbocycles. The second-order valence-corrected chi connectivity index (χ2v) is 19.5. The number of hydrogen-bond acceptors (Lipinski definition) is 28. The van der Waals surface area contributed by atoms with Crippen molar-refractivity contribution >= 4 is 87.1 Å². The average Bonchev–Trinajstić information content (AvgIpc) is 1.15. The van der Waals surface area contributed by atoms with E-state index in [-0.39, 0.29) is 46.2 Å². The Balaban J connectivity index is 0.000000202. The summed E-state index contributed by atoms with van der Waals surface area (Å²) >= 11 is 10.9. The third kappa shape index (κ3) is 21.7. The predicted molar refractivity (Wildman–Crippen MR) is 348 cm³/mol. The van der Waals surface area contributed by atoms with Gasteiger partial charge in [0.2, 0.25) is 40.9 Å². The molecule has 1 fully saturated rings. The van der Waals surface area contributed by atoms with Crippen LogP contribution in [0.5, 0.6) is 11.9 Å². The zero-order valence-corrected chi connectivity index (χ0v) is 51.1. The Morgan fingerprint density at radius 1 is 0.420 bits per heavy atom. The summed E-state index contributed by atoms with van der Waals surface area (Å²) in [6.07, 6.45) is 2.96. The number of methoxy groups -OCH3 is 2. The van der Waals surface area contributed by atoms with Crippen molar-refractivity contribution in [1.29, 1.82) is 0 Å². The molecular formula is C58H72Cl2N26O2. The van der Waals surface area contributed by atoms with Crippen LogP contribution in [0.15, 0.2) is 140 Å². The van der Waals surface area contributed by atoms with Crippen molar-refractivity contribution in [3.8, 4) is 11.9 Å². The maximum atomic E-state index is 6.00. The lowest BCUT2D eigenvalue weighted by molar-refractivity contribution is 0.313. The monoisotopic (exact) mass is 1230 g/mol. The van der Waals surface area contributed by atoms with Gasteiger partial charge in [0.25, 0.3) is 0 Å². The highest BCUT2D eigenvalue weighted by Crippen LogP contribution is 2.46. The highest BCUT2D eigenvalue weighted by molar-refractivity contribution is 6.29. The van der Waals surface area contributed by atoms with E-state index in [9.17, 15) is 0 Å². The number of likely N-dealkylation sites (N-methyl/N-ethyl adjacent to an activating group) is 1. The Labute approximate surface area is 519 Å². The molecule has 10 aromatic rings. The Morgan fingerprint density at radius 2 is 0.864 bits per heavy atom. The minimum absolute atomic E-state index is 0.115. The van der Waals surface area contributed by atoms with Gasteiger partial charge in [-0.05, 0) is 141 Å². The van der Waals surface area contributed by atoms with E-state index in [1.165, 1.54) is 38.4 Å². The van der Waals surface area contributed by atoms with Gasteiger partial charge < -0.3 is 76.6 Å². The van der Waals surface area contributed by atoms with Crippen LogP contribution in [0.25, 0.3) is 0 Å². The number of rotatable bonds is 7. The zero-order valence-electron chi connectivity index (χ0n) is 49.6. The summed E-state index contributed by atoms with van der Waals surface area (Å²) in [5.41, 5.74) is 66.1. The van der Waals surface area contributed by atoms with Gasteiger partial charge in [0.05, 0.1) is 43.4 Å². The first-order valence-electron chi connectivity index (χ1n) is 26.5. The van der Waals surface area contributed by atoms with Gasteiger partial charge in [-0.1, -0.05) is 60.1 Å². The lowest BCUT2D eigenvalue weighted by Crippen LogP contribution is -2.44. The highest BCUT2D eigenvalue weighted by Gasteiger charge is 2.38. The molecule has 1 aliphatic rings. The second kappa shape index (κ2) is 33.6. The standard InChI is InChI=1S/C25H24N4.C11H17N3.C5H6ClN3O.C5H8N4O.C5H8N4.C4H5ClN4.C3H4N4/c26-21-9-1-17(2-10-21)25(18-3-11-22(27)12-4-18,19-5-13-23(28)14-6-19)20-7-15-24(29)16-8-20;1-13-6-8-14(9-7-13)11-4-2-10(12)3-5-11;1-10-4-2-3(6)8-5(7)9-4;1-3-7-4(6)9-5(8-3)10-2;1-3-4(2)8-9-5(6)7-3;1-2-7-3(5)9-4(6)8-2;4-3-5-1-2-6-7-3/h1-16H,26-29H2;2-5H,6-9,12H2,1H3;2H,1H3,(H2,7,8,9);1-2H3,(H2,6,7,8,9);1-2H3,(H2,6,7,9);1H3,(H2,6,7,8,9);1-2H,(H2,4,5,7). The van der Waals surface area contributed by atoms with Crippen molar-refractivity contribution in [1.82, 2.24) is 75.1 Å². The van der Waals surface area contributed by atoms with Gasteiger partial charge in [-0.15, -0.1) is 10.2 Å². The van der Waals surface area contributed by atoms with E-state index >= 15 is 0 Å². The maximum Gasteiger partial charge on any atom is 0.321 e. The average molecular weight is 1240 g/mol. The predicted octanol–water partition coefficient (Wildman–Crippen LogP) is 5.85. The molecule has 28 nitrogen and oxygen atoms in total. The fourth-order valence-corrected chi connectivity index (χ4v) is 8.36. The van der Waals surface area contributed by atoms with Crippen molar-refractivity contribution in [3.05, 3.63) is 196 Å². The number of ether oxygens (including phenoxy) is 2. The van der Waals surface area contributed by atoms with Crippen LogP contribution in [0.1, 0.15) is 45.3 Å². The van der Waals surface area contributed by atoms with E-state index in [4.69, 9.17) is 90.0 Å². The van der Waals surface area contributed by atoms with Crippen molar-refractivity contribution in [2.75, 3.05) is 110 Å². The number of nitrogen functional groups attached to an aromatic ring is 10. The van der Waals surface area contributed by atoms with E-state index in [1.807, 2.05) is 74.5 Å². The molecule has 0 spiro atoms. The lowest BCUT2D eigenvalue weighted by atomic mass is 9.65. The number of nitrogens with zero attached hydrogens (tertiary/aromatic N) is 16. The van der Waals surface area contributed by atoms with E-state index in [0.717, 1.165) is 88.3 Å². The van der Waals surface area contributed by atoms with E-state index in [1.54, 1.807) is 13.8 Å². The number of aryl methyl sites for hydroxylation is 4. The van der Waals surface area contributed by atoms with Crippen LogP contribution in [-0.2, 0) is 5.41 Å². The number of nitrogens with two attached hydrogens (primary N) is 10. The maximum absolute atomic E-state index is 6.00. The van der Waals surface area contributed by atoms with Crippen LogP contribution in [0.2, 0.25) is 10.4 Å². The van der Waals surface area contributed by atoms with Crippen LogP contribution >= 0.6 is 23.2 Å². The molecule has 0 atom stereocenters. The molecule has 30 heteroatoms. The molecule has 20 N–H and O–H groups in total. The van der Waals surface area contributed by atoms with Gasteiger partial charge in [-0.2, -0.15) is 40.1 Å². The molecule has 0 bridgehead atoms. The molecule has 88 heavy (non-hydrogen) atoms. The van der Waals surface area contributed by atoms with E-state index in [2.05, 4.69) is 148 Å². The third-order valence-electron chi connectivity index (χ3n) is 12.3. The highest BCUT2D eigenvalue weighted by atomic mass is 35.5. The molecule has 1 saturated heterocycles. The second-order valence-electron chi connectivity index (χ2n) is 18.8. The first-order valence-corrected chi connectivity index (χ1v) is 27.3. The molecule has 0 radical (unpaired) electrons. The number of piperazine rings is 1. The summed E-state index contributed by atoms with van der Waals surface area (Å²) in [7, 11) is 5.13. The van der Waals surface area contributed by atoms with E-state index < -0.39 is 5.41 Å². The summed E-state index contributed by atoms with van der Waals surface area (Å²) in [5.74, 6) is 2.37. The SMILES string of the molecule is CN1CCN(c2ccc(N)cc2)CC1.COc1cc(Cl)nc(N)n1.COc1nc(C)nc(N)n1.Cc1nc(N)nc(Cl)n1.Cc1nnc(N)nc1C.Nc1ccc(C(c2ccc(N)cc2)(c2ccc(N)cc2)c2ccc(N)cc2)cc1.Nc1nccnn1. The third-order valence-corrected chi connectivity index (χ3v) is 12.7. The first kappa shape index (κ1) is 67.9.